The molecule has 2 unspecified atom stereocenters. The number of allylic oxidation sites excluding steroid dienone is 4. The minimum absolute atomic E-state index is 0.149. The summed E-state index contributed by atoms with van der Waals surface area (Å²) in [6.07, 6.45) is 37.7. The van der Waals surface area contributed by atoms with Crippen molar-refractivity contribution in [1.82, 2.24) is 0 Å². The summed E-state index contributed by atoms with van der Waals surface area (Å²) in [5, 5.41) is 11.7. The number of hydrogen-bond donors (Lipinski definition) is 0. The third-order valence-electron chi connectivity index (χ3n) is 9.70. The van der Waals surface area contributed by atoms with Crippen LogP contribution in [0.5, 0.6) is 0 Å². The number of hydrogen-bond acceptors (Lipinski definition) is 8. The van der Waals surface area contributed by atoms with Gasteiger partial charge in [0.15, 0.2) is 12.4 Å². The van der Waals surface area contributed by atoms with Gasteiger partial charge in [0.05, 0.1) is 40.3 Å². The Morgan fingerprint density at radius 3 is 1.47 bits per heavy atom. The van der Waals surface area contributed by atoms with Crippen LogP contribution < -0.4 is 5.11 Å². The summed E-state index contributed by atoms with van der Waals surface area (Å²) in [5.74, 6) is -2.28. The van der Waals surface area contributed by atoms with E-state index < -0.39 is 24.3 Å². The van der Waals surface area contributed by atoms with Crippen LogP contribution in [0, 0.1) is 0 Å². The van der Waals surface area contributed by atoms with Crippen LogP contribution >= 0.6 is 0 Å². The lowest BCUT2D eigenvalue weighted by atomic mass is 10.1. The summed E-state index contributed by atoms with van der Waals surface area (Å²) < 4.78 is 22.5. The quantitative estimate of drug-likeness (QED) is 0.0198. The number of quaternary nitrogens is 1. The molecular formula is C46H85NO8. The minimum Gasteiger partial charge on any atom is -0.545 e. The van der Waals surface area contributed by atoms with Gasteiger partial charge in [-0.25, -0.2) is 0 Å². The standard InChI is InChI=1S/C46H85NO8/c1-6-8-10-12-14-16-18-19-20-21-22-23-24-25-27-29-31-33-35-37-44(49)55-42(41-54-46(45(50)51)52-39-38-47(3,4)5)40-53-43(48)36-34-32-30-28-26-17-15-13-11-9-7-2/h14,16,19-20,42,46H,6-13,15,17-18,21-41H2,1-5H3/b16-14-,20-19-. The van der Waals surface area contributed by atoms with Crippen molar-refractivity contribution in [1.29, 1.82) is 0 Å². The highest BCUT2D eigenvalue weighted by Gasteiger charge is 2.21. The molecule has 0 bridgehead atoms. The molecule has 0 amide bonds. The Labute approximate surface area is 337 Å². The highest BCUT2D eigenvalue weighted by molar-refractivity contribution is 5.70. The first-order chi connectivity index (χ1) is 26.6. The van der Waals surface area contributed by atoms with E-state index in [1.165, 1.54) is 109 Å². The summed E-state index contributed by atoms with van der Waals surface area (Å²) in [5.41, 5.74) is 0. The Hall–Kier alpha value is -2.23. The number of esters is 2. The Morgan fingerprint density at radius 1 is 0.545 bits per heavy atom. The summed E-state index contributed by atoms with van der Waals surface area (Å²) in [4.78, 5) is 36.9. The third kappa shape index (κ3) is 39.8. The fourth-order valence-electron chi connectivity index (χ4n) is 6.15. The number of rotatable bonds is 41. The van der Waals surface area contributed by atoms with Crippen molar-refractivity contribution >= 4 is 17.9 Å². The fraction of sp³-hybridized carbons (Fsp3) is 0.848. The van der Waals surface area contributed by atoms with E-state index in [4.69, 9.17) is 18.9 Å². The maximum absolute atomic E-state index is 12.7. The molecule has 0 aliphatic rings. The van der Waals surface area contributed by atoms with Gasteiger partial charge in [-0.15, -0.1) is 0 Å². The average Bonchev–Trinajstić information content (AvgIpc) is 3.14. The predicted molar refractivity (Wildman–Crippen MR) is 223 cm³/mol. The first-order valence-electron chi connectivity index (χ1n) is 22.5. The molecule has 0 saturated carbocycles. The summed E-state index contributed by atoms with van der Waals surface area (Å²) in [6, 6.07) is 0. The number of carboxylic acid groups (broad SMARTS) is 1. The molecule has 0 spiro atoms. The summed E-state index contributed by atoms with van der Waals surface area (Å²) in [7, 11) is 5.91. The van der Waals surface area contributed by atoms with Gasteiger partial charge in [0.25, 0.3) is 0 Å². The smallest absolute Gasteiger partial charge is 0.306 e. The normalized spacial score (nSPS) is 13.1. The van der Waals surface area contributed by atoms with Gasteiger partial charge in [0, 0.05) is 12.8 Å². The number of aliphatic carboxylic acids is 1. The van der Waals surface area contributed by atoms with Gasteiger partial charge in [0.1, 0.15) is 13.2 Å². The van der Waals surface area contributed by atoms with Crippen molar-refractivity contribution in [2.45, 2.75) is 206 Å². The van der Waals surface area contributed by atoms with E-state index in [1.54, 1.807) is 0 Å². The lowest BCUT2D eigenvalue weighted by Gasteiger charge is -2.26. The molecule has 55 heavy (non-hydrogen) atoms. The van der Waals surface area contributed by atoms with E-state index in [0.29, 0.717) is 23.9 Å². The van der Waals surface area contributed by atoms with E-state index in [2.05, 4.69) is 38.2 Å². The number of carboxylic acids is 1. The van der Waals surface area contributed by atoms with E-state index in [0.717, 1.165) is 51.4 Å². The van der Waals surface area contributed by atoms with Crippen molar-refractivity contribution in [2.24, 2.45) is 0 Å². The predicted octanol–water partition coefficient (Wildman–Crippen LogP) is 10.3. The second kappa shape index (κ2) is 38.6. The molecule has 2 atom stereocenters. The number of likely N-dealkylation sites (N-methyl/N-ethyl adjacent to an activating group) is 1. The molecule has 0 aromatic carbocycles. The molecule has 9 heteroatoms. The highest BCUT2D eigenvalue weighted by atomic mass is 16.7. The van der Waals surface area contributed by atoms with Gasteiger partial charge >= 0.3 is 11.9 Å². The molecule has 0 fully saturated rings. The maximum Gasteiger partial charge on any atom is 0.306 e. The second-order valence-electron chi connectivity index (χ2n) is 16.3. The van der Waals surface area contributed by atoms with E-state index in [1.807, 2.05) is 21.1 Å². The van der Waals surface area contributed by atoms with Gasteiger partial charge in [-0.2, -0.15) is 0 Å². The van der Waals surface area contributed by atoms with Crippen LogP contribution in [-0.2, 0) is 33.3 Å². The number of carbonyl (C=O) groups excluding carboxylic acids is 3. The topological polar surface area (TPSA) is 111 Å². The lowest BCUT2D eigenvalue weighted by molar-refractivity contribution is -0.870. The molecule has 9 nitrogen and oxygen atoms in total. The molecule has 0 radical (unpaired) electrons. The molecule has 0 saturated heterocycles. The molecule has 0 rings (SSSR count). The van der Waals surface area contributed by atoms with Crippen LogP contribution in [0.25, 0.3) is 0 Å². The van der Waals surface area contributed by atoms with Gasteiger partial charge < -0.3 is 33.3 Å². The molecule has 322 valence electrons. The fourth-order valence-corrected chi connectivity index (χ4v) is 6.15. The van der Waals surface area contributed by atoms with Crippen LogP contribution in [0.1, 0.15) is 194 Å². The van der Waals surface area contributed by atoms with Crippen LogP contribution in [0.2, 0.25) is 0 Å². The SMILES string of the molecule is CCCCC/C=C\C/C=C\CCCCCCCCCCCC(=O)OC(COC(=O)CCCCCCCCCCCCC)COC(OCC[N+](C)(C)C)C(=O)[O-]. The van der Waals surface area contributed by atoms with Gasteiger partial charge in [0.2, 0.25) is 0 Å². The minimum atomic E-state index is -1.62. The molecular weight excluding hydrogens is 695 g/mol. The summed E-state index contributed by atoms with van der Waals surface area (Å²) in [6.45, 7) is 4.71. The maximum atomic E-state index is 12.7. The van der Waals surface area contributed by atoms with Crippen molar-refractivity contribution < 1.29 is 42.9 Å². The van der Waals surface area contributed by atoms with Gasteiger partial charge in [-0.1, -0.05) is 160 Å². The highest BCUT2D eigenvalue weighted by Crippen LogP contribution is 2.14. The lowest BCUT2D eigenvalue weighted by Crippen LogP contribution is -2.44. The molecule has 0 aromatic heterocycles. The van der Waals surface area contributed by atoms with Crippen LogP contribution in [-0.4, -0.2) is 82.3 Å². The molecule has 0 aliphatic carbocycles. The van der Waals surface area contributed by atoms with Crippen molar-refractivity contribution in [3.8, 4) is 0 Å². The number of carbonyl (C=O) groups is 3. The van der Waals surface area contributed by atoms with Crippen LogP contribution in [0.3, 0.4) is 0 Å². The first-order valence-corrected chi connectivity index (χ1v) is 22.5. The first kappa shape index (κ1) is 52.8. The average molecular weight is 780 g/mol. The zero-order valence-electron chi connectivity index (χ0n) is 36.3. The van der Waals surface area contributed by atoms with Gasteiger partial charge in [-0.3, -0.25) is 9.59 Å². The summed E-state index contributed by atoms with van der Waals surface area (Å²) >= 11 is 0. The zero-order valence-corrected chi connectivity index (χ0v) is 36.3. The third-order valence-corrected chi connectivity index (χ3v) is 9.70. The van der Waals surface area contributed by atoms with Crippen molar-refractivity contribution in [2.75, 3.05) is 47.5 Å². The van der Waals surface area contributed by atoms with Crippen molar-refractivity contribution in [3.63, 3.8) is 0 Å². The molecule has 0 aliphatic heterocycles. The van der Waals surface area contributed by atoms with Gasteiger partial charge in [-0.05, 0) is 44.9 Å². The largest absolute Gasteiger partial charge is 0.545 e. The molecule has 0 aromatic rings. The second-order valence-corrected chi connectivity index (χ2v) is 16.3. The van der Waals surface area contributed by atoms with E-state index in [9.17, 15) is 19.5 Å². The number of unbranched alkanes of at least 4 members (excludes halogenated alkanes) is 22. The Bertz CT molecular complexity index is 960. The Morgan fingerprint density at radius 2 is 0.982 bits per heavy atom. The number of nitrogens with zero attached hydrogens (tertiary/aromatic N) is 1. The Kier molecular flexibility index (Phi) is 37.1. The molecule has 0 N–H and O–H groups in total. The van der Waals surface area contributed by atoms with Crippen molar-refractivity contribution in [3.05, 3.63) is 24.3 Å². The van der Waals surface area contributed by atoms with Crippen LogP contribution in [0.15, 0.2) is 24.3 Å². The number of ether oxygens (including phenoxy) is 4. The van der Waals surface area contributed by atoms with E-state index in [-0.39, 0.29) is 32.2 Å². The van der Waals surface area contributed by atoms with E-state index >= 15 is 0 Å². The molecule has 0 heterocycles. The monoisotopic (exact) mass is 780 g/mol. The van der Waals surface area contributed by atoms with Crippen LogP contribution in [0.4, 0.5) is 0 Å². The Balaban J connectivity index is 4.39. The zero-order chi connectivity index (χ0) is 40.7.